The van der Waals surface area contributed by atoms with E-state index in [0.29, 0.717) is 18.1 Å². The van der Waals surface area contributed by atoms with Gasteiger partial charge in [-0.3, -0.25) is 0 Å². The zero-order valence-corrected chi connectivity index (χ0v) is 13.6. The maximum absolute atomic E-state index is 6.24. The molecule has 1 saturated heterocycles. The summed E-state index contributed by atoms with van der Waals surface area (Å²) in [5.74, 6) is 0. The largest absolute Gasteiger partial charge is 0.371 e. The van der Waals surface area contributed by atoms with E-state index < -0.39 is 0 Å². The number of nitrogens with two attached hydrogens (primary N) is 1. The van der Waals surface area contributed by atoms with Gasteiger partial charge in [-0.15, -0.1) is 0 Å². The maximum atomic E-state index is 6.24. The molecular weight excluding hydrogens is 282 g/mol. The average molecular weight is 308 g/mol. The zero-order valence-electron chi connectivity index (χ0n) is 12.8. The van der Waals surface area contributed by atoms with Gasteiger partial charge in [0.25, 0.3) is 0 Å². The van der Waals surface area contributed by atoms with E-state index in [1.54, 1.807) is 0 Å². The number of hydrogen-bond acceptors (Lipinski definition) is 3. The van der Waals surface area contributed by atoms with E-state index in [0.717, 1.165) is 30.1 Å². The van der Waals surface area contributed by atoms with Crippen molar-refractivity contribution in [1.82, 2.24) is 5.32 Å². The van der Waals surface area contributed by atoms with Gasteiger partial charge in [-0.25, -0.2) is 0 Å². The molecule has 1 aliphatic heterocycles. The zero-order chi connectivity index (χ0) is 14.8. The second kappa shape index (κ2) is 6.55. The Hall–Kier alpha value is -0.770. The Morgan fingerprint density at radius 2 is 1.90 bits per heavy atom. The number of rotatable bonds is 3. The Labute approximate surface area is 132 Å². The van der Waals surface area contributed by atoms with E-state index in [9.17, 15) is 0 Å². The van der Waals surface area contributed by atoms with E-state index in [1.807, 2.05) is 0 Å². The van der Waals surface area contributed by atoms with Crippen molar-refractivity contribution in [3.05, 3.63) is 28.8 Å². The molecule has 0 aromatic heterocycles. The lowest BCUT2D eigenvalue weighted by Gasteiger charge is -2.35. The Bertz CT molecular complexity index is 483. The minimum absolute atomic E-state index is 0.414. The number of aryl methyl sites for hydroxylation is 1. The van der Waals surface area contributed by atoms with Crippen molar-refractivity contribution >= 4 is 17.3 Å². The Morgan fingerprint density at radius 1 is 1.14 bits per heavy atom. The first-order valence-electron chi connectivity index (χ1n) is 8.14. The van der Waals surface area contributed by atoms with E-state index in [1.165, 1.54) is 31.4 Å². The van der Waals surface area contributed by atoms with E-state index >= 15 is 0 Å². The lowest BCUT2D eigenvalue weighted by atomic mass is 10.0. The first-order chi connectivity index (χ1) is 10.1. The van der Waals surface area contributed by atoms with Crippen molar-refractivity contribution in [2.75, 3.05) is 18.0 Å². The van der Waals surface area contributed by atoms with Crippen molar-refractivity contribution < 1.29 is 0 Å². The van der Waals surface area contributed by atoms with Gasteiger partial charge in [0, 0.05) is 41.9 Å². The monoisotopic (exact) mass is 307 g/mol. The highest BCUT2D eigenvalue weighted by Gasteiger charge is 2.26. The van der Waals surface area contributed by atoms with Crippen LogP contribution in [0.25, 0.3) is 0 Å². The van der Waals surface area contributed by atoms with Crippen LogP contribution in [-0.4, -0.2) is 31.2 Å². The molecule has 0 radical (unpaired) electrons. The Kier molecular flexibility index (Phi) is 4.72. The van der Waals surface area contributed by atoms with Crippen molar-refractivity contribution in [2.24, 2.45) is 5.73 Å². The third-order valence-corrected chi connectivity index (χ3v) is 5.37. The molecule has 3 rings (SSSR count). The molecule has 1 heterocycles. The molecule has 4 heteroatoms. The molecule has 116 valence electrons. The molecular formula is C17H26ClN3. The lowest BCUT2D eigenvalue weighted by Crippen LogP contribution is -2.46. The molecule has 0 spiro atoms. The minimum atomic E-state index is 0.414. The molecule has 1 aliphatic carbocycles. The molecule has 0 amide bonds. The summed E-state index contributed by atoms with van der Waals surface area (Å²) < 4.78 is 0. The average Bonchev–Trinajstić information content (AvgIpc) is 2.88. The van der Waals surface area contributed by atoms with Gasteiger partial charge in [-0.05, 0) is 56.7 Å². The van der Waals surface area contributed by atoms with Crippen LogP contribution >= 0.6 is 11.6 Å². The van der Waals surface area contributed by atoms with Crippen LogP contribution in [0.5, 0.6) is 0 Å². The van der Waals surface area contributed by atoms with Crippen LogP contribution in [-0.2, 0) is 0 Å². The van der Waals surface area contributed by atoms with Crippen LogP contribution < -0.4 is 16.0 Å². The molecule has 1 aromatic rings. The normalized spacial score (nSPS) is 27.3. The number of nitrogens with one attached hydrogen (secondary N) is 1. The van der Waals surface area contributed by atoms with Crippen LogP contribution in [0.2, 0.25) is 5.02 Å². The summed E-state index contributed by atoms with van der Waals surface area (Å²) in [6.45, 7) is 4.26. The summed E-state index contributed by atoms with van der Waals surface area (Å²) >= 11 is 6.24. The molecule has 3 nitrogen and oxygen atoms in total. The molecule has 0 bridgehead atoms. The van der Waals surface area contributed by atoms with Crippen molar-refractivity contribution in [3.63, 3.8) is 0 Å². The van der Waals surface area contributed by atoms with E-state index in [2.05, 4.69) is 35.3 Å². The molecule has 2 aliphatic rings. The second-order valence-corrected chi connectivity index (χ2v) is 7.04. The van der Waals surface area contributed by atoms with Crippen LogP contribution in [0.1, 0.15) is 37.7 Å². The number of piperidine rings is 1. The fraction of sp³-hybridized carbons (Fsp3) is 0.647. The molecule has 3 N–H and O–H groups in total. The summed E-state index contributed by atoms with van der Waals surface area (Å²) in [6, 6.07) is 8.10. The minimum Gasteiger partial charge on any atom is -0.371 e. The first-order valence-corrected chi connectivity index (χ1v) is 8.52. The van der Waals surface area contributed by atoms with Gasteiger partial charge in [0.2, 0.25) is 0 Å². The SMILES string of the molecule is Cc1ccc(N2CCC(N[C@H]3CC[C@H](N)C3)CC2)cc1Cl. The van der Waals surface area contributed by atoms with Gasteiger partial charge in [0.1, 0.15) is 0 Å². The van der Waals surface area contributed by atoms with Crippen molar-refractivity contribution in [1.29, 1.82) is 0 Å². The number of nitrogens with zero attached hydrogens (tertiary/aromatic N) is 1. The molecule has 1 saturated carbocycles. The van der Waals surface area contributed by atoms with Crippen LogP contribution in [0.4, 0.5) is 5.69 Å². The van der Waals surface area contributed by atoms with Gasteiger partial charge in [0.05, 0.1) is 0 Å². The highest BCUT2D eigenvalue weighted by atomic mass is 35.5. The van der Waals surface area contributed by atoms with Gasteiger partial charge in [-0.2, -0.15) is 0 Å². The Balaban J connectivity index is 1.51. The topological polar surface area (TPSA) is 41.3 Å². The van der Waals surface area contributed by atoms with Crippen molar-refractivity contribution in [2.45, 2.75) is 57.2 Å². The molecule has 1 aromatic carbocycles. The van der Waals surface area contributed by atoms with Crippen LogP contribution in [0.3, 0.4) is 0 Å². The van der Waals surface area contributed by atoms with Gasteiger partial charge < -0.3 is 16.0 Å². The van der Waals surface area contributed by atoms with E-state index in [4.69, 9.17) is 17.3 Å². The van der Waals surface area contributed by atoms with Crippen LogP contribution in [0, 0.1) is 6.92 Å². The van der Waals surface area contributed by atoms with Gasteiger partial charge >= 0.3 is 0 Å². The lowest BCUT2D eigenvalue weighted by molar-refractivity contribution is 0.366. The predicted octanol–water partition coefficient (Wildman–Crippen LogP) is 3.09. The smallest absolute Gasteiger partial charge is 0.0455 e. The summed E-state index contributed by atoms with van der Waals surface area (Å²) in [7, 11) is 0. The number of anilines is 1. The van der Waals surface area contributed by atoms with Crippen molar-refractivity contribution in [3.8, 4) is 0 Å². The second-order valence-electron chi connectivity index (χ2n) is 6.63. The molecule has 0 unspecified atom stereocenters. The summed E-state index contributed by atoms with van der Waals surface area (Å²) in [4.78, 5) is 2.45. The quantitative estimate of drug-likeness (QED) is 0.901. The van der Waals surface area contributed by atoms with Gasteiger partial charge in [0.15, 0.2) is 0 Å². The van der Waals surface area contributed by atoms with Crippen LogP contribution in [0.15, 0.2) is 18.2 Å². The molecule has 2 atom stereocenters. The fourth-order valence-electron chi connectivity index (χ4n) is 3.58. The summed E-state index contributed by atoms with van der Waals surface area (Å²) in [6.07, 6.45) is 5.98. The standard InChI is InChI=1S/C17H26ClN3/c1-12-2-5-16(11-17(12)18)21-8-6-14(7-9-21)20-15-4-3-13(19)10-15/h2,5,11,13-15,20H,3-4,6-10,19H2,1H3/t13-,15-/m0/s1. The predicted molar refractivity (Wildman–Crippen MR) is 90.2 cm³/mol. The summed E-state index contributed by atoms with van der Waals surface area (Å²) in [5.41, 5.74) is 8.40. The van der Waals surface area contributed by atoms with E-state index in [-0.39, 0.29) is 0 Å². The fourth-order valence-corrected chi connectivity index (χ4v) is 3.76. The third kappa shape index (κ3) is 3.71. The third-order valence-electron chi connectivity index (χ3n) is 4.96. The maximum Gasteiger partial charge on any atom is 0.0455 e. The molecule has 21 heavy (non-hydrogen) atoms. The number of benzene rings is 1. The highest BCUT2D eigenvalue weighted by molar-refractivity contribution is 6.31. The van der Waals surface area contributed by atoms with Gasteiger partial charge in [-0.1, -0.05) is 17.7 Å². The first kappa shape index (κ1) is 15.1. The number of hydrogen-bond donors (Lipinski definition) is 2. The molecule has 2 fully saturated rings. The number of halogens is 1. The highest BCUT2D eigenvalue weighted by Crippen LogP contribution is 2.26. The summed E-state index contributed by atoms with van der Waals surface area (Å²) in [5, 5.41) is 4.68. The Morgan fingerprint density at radius 3 is 2.52 bits per heavy atom.